The van der Waals surface area contributed by atoms with E-state index in [1.54, 1.807) is 0 Å². The van der Waals surface area contributed by atoms with Crippen LogP contribution in [0.2, 0.25) is 0 Å². The maximum Gasteiger partial charge on any atom is 2.00 e. The van der Waals surface area contributed by atoms with Crippen molar-refractivity contribution in [1.29, 1.82) is 0 Å². The molecule has 0 amide bonds. The second-order valence-electron chi connectivity index (χ2n) is 6.03. The minimum Gasteiger partial charge on any atom is -0.381 e. The zero-order valence-corrected chi connectivity index (χ0v) is 18.8. The van der Waals surface area contributed by atoms with E-state index >= 15 is 0 Å². The number of ether oxygens (including phenoxy) is 2. The molecule has 2 heterocycles. The third-order valence-corrected chi connectivity index (χ3v) is 3.64. The fraction of sp³-hybridized carbons (Fsp3) is 0.400. The molecule has 188 valence electrons. The fourth-order valence-electron chi connectivity index (χ4n) is 2.01. The van der Waals surface area contributed by atoms with Crippen molar-refractivity contribution >= 4 is 0 Å². The molecule has 0 bridgehead atoms. The summed E-state index contributed by atoms with van der Waals surface area (Å²) in [6.45, 7) is 4.00. The largest absolute Gasteiger partial charge is 2.00 e. The van der Waals surface area contributed by atoms with E-state index in [0.29, 0.717) is 0 Å². The van der Waals surface area contributed by atoms with E-state index < -0.39 is 58.2 Å². The Kier molecular flexibility index (Phi) is 15.3. The Balaban J connectivity index is 0.000000434. The minimum absolute atomic E-state index is 0. The average molecular weight is 673 g/mol. The molecule has 4 rings (SSSR count). The molecule has 2 aliphatic heterocycles. The minimum atomic E-state index is -2.17. The Morgan fingerprint density at radius 3 is 0.758 bits per heavy atom. The van der Waals surface area contributed by atoms with E-state index in [4.69, 9.17) is 9.47 Å². The van der Waals surface area contributed by atoms with Gasteiger partial charge in [0.05, 0.1) is 58.2 Å². The summed E-state index contributed by atoms with van der Waals surface area (Å²) in [7, 11) is 0. The standard InChI is InChI=1S/2C6F5.2C4H8O.Pt/c2*7-2-1-3(8)5(10)6(11)4(2)9;2*1-2-4-5-3-1;/h;;2*1-4H2;/q2*-1;;;+2. The summed E-state index contributed by atoms with van der Waals surface area (Å²) in [5.74, 6) is -20.1. The summed E-state index contributed by atoms with van der Waals surface area (Å²) in [4.78, 5) is 0. The van der Waals surface area contributed by atoms with Gasteiger partial charge in [-0.05, 0) is 25.7 Å². The van der Waals surface area contributed by atoms with Crippen LogP contribution in [0, 0.1) is 70.3 Å². The molecule has 2 aromatic rings. The zero-order valence-electron chi connectivity index (χ0n) is 16.6. The van der Waals surface area contributed by atoms with Gasteiger partial charge in [-0.2, -0.15) is 0 Å². The van der Waals surface area contributed by atoms with Crippen molar-refractivity contribution in [2.24, 2.45) is 0 Å². The SMILES string of the molecule is C1CCOC1.C1CCOC1.Fc1[c-]c(F)c(F)c(F)c1F.Fc1[c-]c(F)c(F)c(F)c1F.[Pt+2]. The number of benzene rings is 2. The van der Waals surface area contributed by atoms with Crippen LogP contribution in [0.5, 0.6) is 0 Å². The van der Waals surface area contributed by atoms with Crippen LogP contribution in [0.15, 0.2) is 0 Å². The molecule has 0 spiro atoms. The van der Waals surface area contributed by atoms with Gasteiger partial charge in [-0.25, -0.2) is 26.3 Å². The van der Waals surface area contributed by atoms with E-state index in [1.807, 2.05) is 0 Å². The molecule has 0 saturated carbocycles. The second kappa shape index (κ2) is 16.1. The average Bonchev–Trinajstić information content (AvgIpc) is 3.53. The zero-order chi connectivity index (χ0) is 24.3. The molecular weight excluding hydrogens is 657 g/mol. The number of hydrogen-bond acceptors (Lipinski definition) is 2. The monoisotopic (exact) mass is 673 g/mol. The summed E-state index contributed by atoms with van der Waals surface area (Å²) < 4.78 is 130. The molecule has 0 aliphatic carbocycles. The van der Waals surface area contributed by atoms with Crippen molar-refractivity contribution in [3.63, 3.8) is 0 Å². The first-order chi connectivity index (χ1) is 15.1. The van der Waals surface area contributed by atoms with Gasteiger partial charge in [0.15, 0.2) is 0 Å². The van der Waals surface area contributed by atoms with E-state index in [-0.39, 0.29) is 21.1 Å². The maximum atomic E-state index is 12.0. The quantitative estimate of drug-likeness (QED) is 0.149. The molecule has 33 heavy (non-hydrogen) atoms. The van der Waals surface area contributed by atoms with Gasteiger partial charge in [-0.15, -0.1) is 12.1 Å². The molecular formula is C20H16F10O2Pt. The first-order valence-corrected chi connectivity index (χ1v) is 9.04. The Morgan fingerprint density at radius 2 is 0.606 bits per heavy atom. The van der Waals surface area contributed by atoms with Gasteiger partial charge in [-0.1, -0.05) is 0 Å². The van der Waals surface area contributed by atoms with Crippen molar-refractivity contribution in [3.05, 3.63) is 70.3 Å². The van der Waals surface area contributed by atoms with Crippen LogP contribution in [0.1, 0.15) is 25.7 Å². The van der Waals surface area contributed by atoms with Crippen molar-refractivity contribution in [1.82, 2.24) is 0 Å². The molecule has 2 aromatic carbocycles. The smallest absolute Gasteiger partial charge is 0.381 e. The van der Waals surface area contributed by atoms with Gasteiger partial charge >= 0.3 is 21.1 Å². The molecule has 0 aromatic heterocycles. The molecule has 2 saturated heterocycles. The molecule has 0 unspecified atom stereocenters. The van der Waals surface area contributed by atoms with Gasteiger partial charge < -0.3 is 9.47 Å². The third kappa shape index (κ3) is 10.4. The van der Waals surface area contributed by atoms with Crippen molar-refractivity contribution in [2.45, 2.75) is 25.7 Å². The van der Waals surface area contributed by atoms with Gasteiger partial charge in [0.25, 0.3) is 0 Å². The molecule has 2 aliphatic rings. The normalized spacial score (nSPS) is 14.1. The molecule has 0 atom stereocenters. The van der Waals surface area contributed by atoms with Gasteiger partial charge in [-0.3, -0.25) is 17.6 Å². The van der Waals surface area contributed by atoms with Crippen LogP contribution >= 0.6 is 0 Å². The Labute approximate surface area is 197 Å². The summed E-state index contributed by atoms with van der Waals surface area (Å²) in [6.07, 6.45) is 5.11. The van der Waals surface area contributed by atoms with E-state index in [2.05, 4.69) is 0 Å². The third-order valence-electron chi connectivity index (χ3n) is 3.64. The predicted molar refractivity (Wildman–Crippen MR) is 90.2 cm³/mol. The topological polar surface area (TPSA) is 18.5 Å². The van der Waals surface area contributed by atoms with Crippen molar-refractivity contribution in [3.8, 4) is 0 Å². The number of hydrogen-bond donors (Lipinski definition) is 0. The Bertz CT molecular complexity index is 736. The first kappa shape index (κ1) is 31.3. The van der Waals surface area contributed by atoms with Crippen molar-refractivity contribution < 1.29 is 74.4 Å². The second-order valence-corrected chi connectivity index (χ2v) is 6.03. The predicted octanol–water partition coefficient (Wildman–Crippen LogP) is 5.96. The first-order valence-electron chi connectivity index (χ1n) is 9.04. The van der Waals surface area contributed by atoms with Gasteiger partial charge in [0, 0.05) is 26.4 Å². The van der Waals surface area contributed by atoms with Crippen molar-refractivity contribution in [2.75, 3.05) is 26.4 Å². The van der Waals surface area contributed by atoms with Crippen LogP contribution in [0.4, 0.5) is 43.9 Å². The summed E-state index contributed by atoms with van der Waals surface area (Å²) >= 11 is 0. The molecule has 13 heteroatoms. The van der Waals surface area contributed by atoms with E-state index in [0.717, 1.165) is 38.6 Å². The fourth-order valence-corrected chi connectivity index (χ4v) is 2.01. The van der Waals surface area contributed by atoms with Crippen LogP contribution in [-0.2, 0) is 30.5 Å². The Morgan fingerprint density at radius 1 is 0.394 bits per heavy atom. The van der Waals surface area contributed by atoms with Crippen LogP contribution in [-0.4, -0.2) is 26.4 Å². The molecule has 2 nitrogen and oxygen atoms in total. The van der Waals surface area contributed by atoms with Crippen LogP contribution in [0.25, 0.3) is 0 Å². The van der Waals surface area contributed by atoms with E-state index in [1.165, 1.54) is 25.7 Å². The summed E-state index contributed by atoms with van der Waals surface area (Å²) in [5.41, 5.74) is 0. The number of halogens is 10. The van der Waals surface area contributed by atoms with Gasteiger partial charge in [0.1, 0.15) is 0 Å². The van der Waals surface area contributed by atoms with Gasteiger partial charge in [0.2, 0.25) is 0 Å². The van der Waals surface area contributed by atoms with Crippen LogP contribution in [0.3, 0.4) is 0 Å². The number of rotatable bonds is 0. The van der Waals surface area contributed by atoms with Crippen LogP contribution < -0.4 is 0 Å². The molecule has 0 N–H and O–H groups in total. The molecule has 2 fully saturated rings. The Hall–Kier alpha value is -1.65. The summed E-state index contributed by atoms with van der Waals surface area (Å²) in [5, 5.41) is 0. The van der Waals surface area contributed by atoms with E-state index in [9.17, 15) is 43.9 Å². The summed E-state index contributed by atoms with van der Waals surface area (Å²) in [6, 6.07) is 2.05. The maximum absolute atomic E-state index is 12.0. The molecule has 0 radical (unpaired) electrons.